The molecule has 0 unspecified atom stereocenters. The first-order valence-electron chi connectivity index (χ1n) is 4.03. The highest BCUT2D eigenvalue weighted by Gasteiger charge is 2.39. The molecular formula is C8H6F2N2O4. The van der Waals surface area contributed by atoms with Crippen LogP contribution in [0.2, 0.25) is 0 Å². The van der Waals surface area contributed by atoms with Gasteiger partial charge in [-0.3, -0.25) is 15.1 Å². The van der Waals surface area contributed by atoms with E-state index in [0.717, 1.165) is 18.3 Å². The van der Waals surface area contributed by atoms with Gasteiger partial charge < -0.3 is 5.11 Å². The van der Waals surface area contributed by atoms with E-state index in [4.69, 9.17) is 5.11 Å². The van der Waals surface area contributed by atoms with Crippen molar-refractivity contribution >= 4 is 11.7 Å². The first kappa shape index (κ1) is 12.0. The average molecular weight is 232 g/mol. The third-order valence-corrected chi connectivity index (χ3v) is 1.74. The Morgan fingerprint density at radius 1 is 1.56 bits per heavy atom. The molecule has 0 saturated carbocycles. The lowest BCUT2D eigenvalue weighted by molar-refractivity contribution is -0.385. The maximum atomic E-state index is 12.7. The molecule has 0 aliphatic rings. The second-order valence-electron chi connectivity index (χ2n) is 2.95. The summed E-state index contributed by atoms with van der Waals surface area (Å²) in [6.45, 7) is 0. The van der Waals surface area contributed by atoms with E-state index in [-0.39, 0.29) is 11.4 Å². The normalized spacial score (nSPS) is 11.1. The van der Waals surface area contributed by atoms with E-state index in [0.29, 0.717) is 0 Å². The van der Waals surface area contributed by atoms with Crippen LogP contribution in [0.15, 0.2) is 18.3 Å². The van der Waals surface area contributed by atoms with Gasteiger partial charge in [0.05, 0.1) is 11.3 Å². The Morgan fingerprint density at radius 2 is 2.19 bits per heavy atom. The Kier molecular flexibility index (Phi) is 3.11. The summed E-state index contributed by atoms with van der Waals surface area (Å²) in [4.78, 5) is 23.0. The van der Waals surface area contributed by atoms with Gasteiger partial charge in [0.2, 0.25) is 0 Å². The van der Waals surface area contributed by atoms with E-state index < -0.39 is 23.2 Å². The van der Waals surface area contributed by atoms with E-state index in [1.807, 2.05) is 0 Å². The van der Waals surface area contributed by atoms with Crippen LogP contribution >= 0.6 is 0 Å². The molecule has 0 aromatic carbocycles. The monoisotopic (exact) mass is 232 g/mol. The molecule has 8 heteroatoms. The summed E-state index contributed by atoms with van der Waals surface area (Å²) in [5.41, 5.74) is -0.569. The number of pyridine rings is 1. The SMILES string of the molecule is O=C(O)C(F)(F)Cc1ccc([N+](=O)[O-])cn1. The third kappa shape index (κ3) is 2.69. The van der Waals surface area contributed by atoms with Crippen molar-refractivity contribution in [2.45, 2.75) is 12.3 Å². The fourth-order valence-corrected chi connectivity index (χ4v) is 0.932. The minimum absolute atomic E-state index is 0.224. The van der Waals surface area contributed by atoms with Crippen molar-refractivity contribution in [2.75, 3.05) is 0 Å². The summed E-state index contributed by atoms with van der Waals surface area (Å²) in [7, 11) is 0. The van der Waals surface area contributed by atoms with Gasteiger partial charge in [-0.1, -0.05) is 0 Å². The lowest BCUT2D eigenvalue weighted by Gasteiger charge is -2.09. The number of hydrogen-bond acceptors (Lipinski definition) is 4. The molecule has 0 bridgehead atoms. The zero-order chi connectivity index (χ0) is 12.3. The molecule has 0 spiro atoms. The van der Waals surface area contributed by atoms with Crippen LogP contribution in [0.25, 0.3) is 0 Å². The Morgan fingerprint density at radius 3 is 2.56 bits per heavy atom. The van der Waals surface area contributed by atoms with Crippen LogP contribution in [-0.4, -0.2) is 26.9 Å². The molecule has 0 atom stereocenters. The fraction of sp³-hybridized carbons (Fsp3) is 0.250. The summed E-state index contributed by atoms with van der Waals surface area (Å²) >= 11 is 0. The van der Waals surface area contributed by atoms with Gasteiger partial charge in [-0.25, -0.2) is 4.79 Å². The van der Waals surface area contributed by atoms with Crippen LogP contribution in [-0.2, 0) is 11.2 Å². The molecule has 1 aromatic heterocycles. The van der Waals surface area contributed by atoms with Crippen molar-refractivity contribution in [1.82, 2.24) is 4.98 Å². The average Bonchev–Trinajstić information content (AvgIpc) is 2.17. The van der Waals surface area contributed by atoms with Crippen LogP contribution in [0.3, 0.4) is 0 Å². The first-order chi connectivity index (χ1) is 7.33. The number of carboxylic acid groups (broad SMARTS) is 1. The summed E-state index contributed by atoms with van der Waals surface area (Å²) in [5.74, 6) is -6.18. The second kappa shape index (κ2) is 4.17. The van der Waals surface area contributed by atoms with Crippen LogP contribution in [0, 0.1) is 10.1 Å². The van der Waals surface area contributed by atoms with Gasteiger partial charge in [-0.2, -0.15) is 8.78 Å². The van der Waals surface area contributed by atoms with E-state index in [9.17, 15) is 23.7 Å². The number of aromatic nitrogens is 1. The summed E-state index contributed by atoms with van der Waals surface area (Å²) < 4.78 is 25.4. The number of carbonyl (C=O) groups is 1. The van der Waals surface area contributed by atoms with Gasteiger partial charge >= 0.3 is 11.9 Å². The molecule has 1 N–H and O–H groups in total. The van der Waals surface area contributed by atoms with Gasteiger partial charge in [-0.05, 0) is 6.07 Å². The van der Waals surface area contributed by atoms with Gasteiger partial charge in [0.25, 0.3) is 5.69 Å². The van der Waals surface area contributed by atoms with Crippen molar-refractivity contribution < 1.29 is 23.6 Å². The Labute approximate surface area is 87.7 Å². The number of carboxylic acids is 1. The second-order valence-corrected chi connectivity index (χ2v) is 2.95. The van der Waals surface area contributed by atoms with Crippen LogP contribution in [0.1, 0.15) is 5.69 Å². The maximum absolute atomic E-state index is 12.7. The van der Waals surface area contributed by atoms with Gasteiger partial charge in [-0.15, -0.1) is 0 Å². The standard InChI is InChI=1S/C8H6F2N2O4/c9-8(10,7(13)14)3-5-1-2-6(4-11-5)12(15)16/h1-2,4H,3H2,(H,13,14). The van der Waals surface area contributed by atoms with Gasteiger partial charge in [0.1, 0.15) is 6.20 Å². The molecule has 0 saturated heterocycles. The molecular weight excluding hydrogens is 226 g/mol. The van der Waals surface area contributed by atoms with E-state index >= 15 is 0 Å². The fourth-order valence-electron chi connectivity index (χ4n) is 0.932. The van der Waals surface area contributed by atoms with Crippen molar-refractivity contribution in [3.8, 4) is 0 Å². The van der Waals surface area contributed by atoms with Gasteiger partial charge in [0, 0.05) is 11.8 Å². The minimum atomic E-state index is -3.93. The molecule has 1 heterocycles. The van der Waals surface area contributed by atoms with E-state index in [1.54, 1.807) is 0 Å². The molecule has 86 valence electrons. The predicted octanol–water partition coefficient (Wildman–Crippen LogP) is 1.25. The number of rotatable bonds is 4. The predicted molar refractivity (Wildman–Crippen MR) is 47.2 cm³/mol. The van der Waals surface area contributed by atoms with Crippen molar-refractivity contribution in [1.29, 1.82) is 0 Å². The number of nitro groups is 1. The molecule has 0 amide bonds. The Balaban J connectivity index is 2.84. The lowest BCUT2D eigenvalue weighted by Crippen LogP contribution is -2.31. The summed E-state index contributed by atoms with van der Waals surface area (Å²) in [5, 5.41) is 18.4. The molecule has 6 nitrogen and oxygen atoms in total. The molecule has 16 heavy (non-hydrogen) atoms. The molecule has 0 aliphatic heterocycles. The van der Waals surface area contributed by atoms with Gasteiger partial charge in [0.15, 0.2) is 0 Å². The number of alkyl halides is 2. The van der Waals surface area contributed by atoms with E-state index in [2.05, 4.69) is 4.98 Å². The largest absolute Gasteiger partial charge is 0.477 e. The van der Waals surface area contributed by atoms with Crippen molar-refractivity contribution in [3.05, 3.63) is 34.1 Å². The van der Waals surface area contributed by atoms with Crippen LogP contribution in [0.5, 0.6) is 0 Å². The highest BCUT2D eigenvalue weighted by molar-refractivity contribution is 5.75. The van der Waals surface area contributed by atoms with Crippen LogP contribution in [0.4, 0.5) is 14.5 Å². The zero-order valence-electron chi connectivity index (χ0n) is 7.76. The first-order valence-corrected chi connectivity index (χ1v) is 4.03. The number of hydrogen-bond donors (Lipinski definition) is 1. The number of aliphatic carboxylic acids is 1. The zero-order valence-corrected chi connectivity index (χ0v) is 7.76. The van der Waals surface area contributed by atoms with Crippen molar-refractivity contribution in [2.24, 2.45) is 0 Å². The highest BCUT2D eigenvalue weighted by atomic mass is 19.3. The molecule has 0 fully saturated rings. The minimum Gasteiger partial charge on any atom is -0.477 e. The Hall–Kier alpha value is -2.12. The summed E-state index contributed by atoms with van der Waals surface area (Å²) in [6, 6.07) is 1.98. The smallest absolute Gasteiger partial charge is 0.374 e. The molecule has 1 aromatic rings. The summed E-state index contributed by atoms with van der Waals surface area (Å²) in [6.07, 6.45) is -0.298. The molecule has 0 radical (unpaired) electrons. The Bertz CT molecular complexity index is 419. The quantitative estimate of drug-likeness (QED) is 0.622. The van der Waals surface area contributed by atoms with Crippen LogP contribution < -0.4 is 0 Å². The van der Waals surface area contributed by atoms with E-state index in [1.165, 1.54) is 0 Å². The number of halogens is 2. The lowest BCUT2D eigenvalue weighted by atomic mass is 10.1. The number of nitrogens with zero attached hydrogens (tertiary/aromatic N) is 2. The highest BCUT2D eigenvalue weighted by Crippen LogP contribution is 2.20. The molecule has 1 rings (SSSR count). The molecule has 0 aliphatic carbocycles. The van der Waals surface area contributed by atoms with Crippen molar-refractivity contribution in [3.63, 3.8) is 0 Å². The topological polar surface area (TPSA) is 93.3 Å². The maximum Gasteiger partial charge on any atom is 0.374 e. The third-order valence-electron chi connectivity index (χ3n) is 1.74.